The second-order valence-electron chi connectivity index (χ2n) is 4.51. The van der Waals surface area contributed by atoms with Crippen molar-refractivity contribution in [3.63, 3.8) is 0 Å². The fourth-order valence-electron chi connectivity index (χ4n) is 2.23. The van der Waals surface area contributed by atoms with E-state index in [0.29, 0.717) is 0 Å². The molecule has 0 spiro atoms. The molecular weight excluding hydrogens is 228 g/mol. The van der Waals surface area contributed by atoms with Gasteiger partial charge in [0.1, 0.15) is 12.1 Å². The van der Waals surface area contributed by atoms with E-state index in [2.05, 4.69) is 15.3 Å². The van der Waals surface area contributed by atoms with Crippen LogP contribution in [0.4, 0.5) is 11.5 Å². The van der Waals surface area contributed by atoms with Gasteiger partial charge in [-0.2, -0.15) is 0 Å². The van der Waals surface area contributed by atoms with Gasteiger partial charge in [0.2, 0.25) is 0 Å². The molecule has 0 amide bonds. The highest BCUT2D eigenvalue weighted by Gasteiger charge is 2.15. The van der Waals surface area contributed by atoms with Crippen molar-refractivity contribution in [3.8, 4) is 0 Å². The summed E-state index contributed by atoms with van der Waals surface area (Å²) >= 11 is 0. The minimum atomic E-state index is 0.288. The summed E-state index contributed by atoms with van der Waals surface area (Å²) in [4.78, 5) is 8.50. The van der Waals surface area contributed by atoms with Crippen LogP contribution in [-0.4, -0.2) is 29.2 Å². The van der Waals surface area contributed by atoms with E-state index in [9.17, 15) is 0 Å². The van der Waals surface area contributed by atoms with Crippen molar-refractivity contribution in [2.75, 3.05) is 24.2 Å². The Balaban J connectivity index is 1.84. The van der Waals surface area contributed by atoms with Gasteiger partial charge in [0, 0.05) is 24.2 Å². The topological polar surface area (TPSA) is 73.1 Å². The fraction of sp³-hybridized carbons (Fsp3) is 0.385. The van der Waals surface area contributed by atoms with Gasteiger partial charge in [-0.1, -0.05) is 0 Å². The number of hydrogen-bond acceptors (Lipinski definition) is 5. The summed E-state index contributed by atoms with van der Waals surface area (Å²) in [5.74, 6) is 0.822. The Kier molecular flexibility index (Phi) is 2.98. The van der Waals surface area contributed by atoms with Gasteiger partial charge in [0.25, 0.3) is 0 Å². The van der Waals surface area contributed by atoms with Gasteiger partial charge in [0.15, 0.2) is 0 Å². The number of ether oxygens (including phenoxy) is 1. The molecule has 1 aliphatic rings. The van der Waals surface area contributed by atoms with Crippen molar-refractivity contribution in [3.05, 3.63) is 24.5 Å². The van der Waals surface area contributed by atoms with E-state index in [4.69, 9.17) is 10.5 Å². The summed E-state index contributed by atoms with van der Waals surface area (Å²) in [5.41, 5.74) is 7.42. The Morgan fingerprint density at radius 1 is 1.39 bits per heavy atom. The number of rotatable bonds is 3. The van der Waals surface area contributed by atoms with Crippen molar-refractivity contribution in [1.82, 2.24) is 9.97 Å². The molecule has 1 aromatic carbocycles. The van der Waals surface area contributed by atoms with Crippen LogP contribution in [0.25, 0.3) is 10.9 Å². The minimum absolute atomic E-state index is 0.288. The van der Waals surface area contributed by atoms with Crippen LogP contribution in [0.2, 0.25) is 0 Å². The first kappa shape index (κ1) is 11.2. The zero-order valence-electron chi connectivity index (χ0n) is 10.1. The van der Waals surface area contributed by atoms with Gasteiger partial charge in [-0.3, -0.25) is 0 Å². The number of anilines is 2. The van der Waals surface area contributed by atoms with Crippen LogP contribution in [-0.2, 0) is 4.74 Å². The van der Waals surface area contributed by atoms with E-state index in [1.54, 1.807) is 6.33 Å². The second kappa shape index (κ2) is 4.78. The number of benzene rings is 1. The predicted molar refractivity (Wildman–Crippen MR) is 71.4 cm³/mol. The van der Waals surface area contributed by atoms with Crippen molar-refractivity contribution < 1.29 is 4.74 Å². The molecule has 0 bridgehead atoms. The minimum Gasteiger partial charge on any atom is -0.399 e. The van der Waals surface area contributed by atoms with Gasteiger partial charge < -0.3 is 15.8 Å². The molecule has 94 valence electrons. The quantitative estimate of drug-likeness (QED) is 0.805. The van der Waals surface area contributed by atoms with Crippen LogP contribution in [0, 0.1) is 0 Å². The van der Waals surface area contributed by atoms with Crippen LogP contribution >= 0.6 is 0 Å². The number of nitrogen functional groups attached to an aromatic ring is 1. The third-order valence-electron chi connectivity index (χ3n) is 3.18. The first-order valence-electron chi connectivity index (χ1n) is 6.18. The van der Waals surface area contributed by atoms with E-state index in [0.717, 1.165) is 48.4 Å². The smallest absolute Gasteiger partial charge is 0.137 e. The lowest BCUT2D eigenvalue weighted by Gasteiger charge is -2.12. The Bertz CT molecular complexity index is 552. The molecule has 1 atom stereocenters. The predicted octanol–water partition coefficient (Wildman–Crippen LogP) is 1.80. The lowest BCUT2D eigenvalue weighted by molar-refractivity contribution is 0.120. The summed E-state index contributed by atoms with van der Waals surface area (Å²) in [6, 6.07) is 5.65. The lowest BCUT2D eigenvalue weighted by atomic mass is 10.2. The molecule has 18 heavy (non-hydrogen) atoms. The van der Waals surface area contributed by atoms with Crippen molar-refractivity contribution >= 4 is 22.4 Å². The second-order valence-corrected chi connectivity index (χ2v) is 4.51. The average Bonchev–Trinajstić information content (AvgIpc) is 2.89. The molecule has 0 saturated carbocycles. The molecule has 1 aliphatic heterocycles. The molecule has 2 heterocycles. The summed E-state index contributed by atoms with van der Waals surface area (Å²) in [5, 5.41) is 4.28. The lowest BCUT2D eigenvalue weighted by Crippen LogP contribution is -2.19. The maximum atomic E-state index is 5.80. The molecule has 5 nitrogen and oxygen atoms in total. The molecule has 0 aliphatic carbocycles. The zero-order chi connectivity index (χ0) is 12.4. The van der Waals surface area contributed by atoms with Crippen molar-refractivity contribution in [1.29, 1.82) is 0 Å². The number of aromatic nitrogens is 2. The van der Waals surface area contributed by atoms with Crippen LogP contribution in [0.1, 0.15) is 12.8 Å². The monoisotopic (exact) mass is 244 g/mol. The molecule has 1 fully saturated rings. The normalized spacial score (nSPS) is 19.2. The van der Waals surface area contributed by atoms with E-state index in [-0.39, 0.29) is 6.10 Å². The molecule has 2 aromatic rings. The zero-order valence-corrected chi connectivity index (χ0v) is 10.1. The third-order valence-corrected chi connectivity index (χ3v) is 3.18. The molecule has 5 heteroatoms. The Labute approximate surface area is 105 Å². The summed E-state index contributed by atoms with van der Waals surface area (Å²) < 4.78 is 5.58. The van der Waals surface area contributed by atoms with Gasteiger partial charge in [-0.05, 0) is 31.0 Å². The summed E-state index contributed by atoms with van der Waals surface area (Å²) in [6.07, 6.45) is 4.11. The largest absolute Gasteiger partial charge is 0.399 e. The molecular formula is C13H16N4O. The van der Waals surface area contributed by atoms with Crippen LogP contribution in [0.15, 0.2) is 24.5 Å². The summed E-state index contributed by atoms with van der Waals surface area (Å²) in [6.45, 7) is 1.64. The number of fused-ring (bicyclic) bond motifs is 1. The molecule has 1 saturated heterocycles. The molecule has 3 N–H and O–H groups in total. The van der Waals surface area contributed by atoms with Gasteiger partial charge in [0.05, 0.1) is 11.6 Å². The number of nitrogens with one attached hydrogen (secondary N) is 1. The Morgan fingerprint density at radius 3 is 3.17 bits per heavy atom. The highest BCUT2D eigenvalue weighted by Crippen LogP contribution is 2.22. The van der Waals surface area contributed by atoms with E-state index >= 15 is 0 Å². The fourth-order valence-corrected chi connectivity index (χ4v) is 2.23. The van der Waals surface area contributed by atoms with Crippen molar-refractivity contribution in [2.24, 2.45) is 0 Å². The highest BCUT2D eigenvalue weighted by atomic mass is 16.5. The van der Waals surface area contributed by atoms with E-state index in [1.165, 1.54) is 0 Å². The number of nitrogens with zero attached hydrogens (tertiary/aromatic N) is 2. The standard InChI is InChI=1S/C13H16N4O/c14-9-3-4-12-11(6-9)13(17-8-16-12)15-7-10-2-1-5-18-10/h3-4,6,8,10H,1-2,5,7,14H2,(H,15,16,17). The Morgan fingerprint density at radius 2 is 2.33 bits per heavy atom. The van der Waals surface area contributed by atoms with Crippen LogP contribution in [0.3, 0.4) is 0 Å². The van der Waals surface area contributed by atoms with Crippen LogP contribution < -0.4 is 11.1 Å². The van der Waals surface area contributed by atoms with Gasteiger partial charge >= 0.3 is 0 Å². The van der Waals surface area contributed by atoms with Gasteiger partial charge in [-0.15, -0.1) is 0 Å². The maximum absolute atomic E-state index is 5.80. The van der Waals surface area contributed by atoms with E-state index in [1.807, 2.05) is 18.2 Å². The summed E-state index contributed by atoms with van der Waals surface area (Å²) in [7, 11) is 0. The number of nitrogens with two attached hydrogens (primary N) is 1. The molecule has 1 aromatic heterocycles. The third kappa shape index (κ3) is 2.22. The van der Waals surface area contributed by atoms with Crippen LogP contribution in [0.5, 0.6) is 0 Å². The van der Waals surface area contributed by atoms with Crippen molar-refractivity contribution in [2.45, 2.75) is 18.9 Å². The molecule has 0 radical (unpaired) electrons. The van der Waals surface area contributed by atoms with Gasteiger partial charge in [-0.25, -0.2) is 9.97 Å². The van der Waals surface area contributed by atoms with E-state index < -0.39 is 0 Å². The Hall–Kier alpha value is -1.88. The highest BCUT2D eigenvalue weighted by molar-refractivity contribution is 5.91. The molecule has 1 unspecified atom stereocenters. The number of hydrogen-bond donors (Lipinski definition) is 2. The first-order valence-corrected chi connectivity index (χ1v) is 6.18. The maximum Gasteiger partial charge on any atom is 0.137 e. The SMILES string of the molecule is Nc1ccc2ncnc(NCC3CCCO3)c2c1. The first-order chi connectivity index (χ1) is 8.83. The average molecular weight is 244 g/mol. The molecule has 3 rings (SSSR count).